The van der Waals surface area contributed by atoms with Gasteiger partial charge in [-0.25, -0.2) is 0 Å². The molecule has 1 aromatic carbocycles. The fourth-order valence-corrected chi connectivity index (χ4v) is 2.76. The zero-order chi connectivity index (χ0) is 14.2. The fraction of sp³-hybridized carbons (Fsp3) is 0.647. The van der Waals surface area contributed by atoms with Gasteiger partial charge in [-0.3, -0.25) is 0 Å². The maximum atomic E-state index is 5.90. The number of rotatable bonds is 7. The lowest BCUT2D eigenvalue weighted by Gasteiger charge is -2.23. The highest BCUT2D eigenvalue weighted by molar-refractivity contribution is 5.43. The van der Waals surface area contributed by atoms with Crippen LogP contribution < -0.4 is 14.8 Å². The van der Waals surface area contributed by atoms with Crippen LogP contribution in [-0.4, -0.2) is 26.3 Å². The van der Waals surface area contributed by atoms with Crippen molar-refractivity contribution in [2.75, 3.05) is 20.3 Å². The van der Waals surface area contributed by atoms with Gasteiger partial charge in [0, 0.05) is 6.04 Å². The second-order valence-electron chi connectivity index (χ2n) is 5.52. The van der Waals surface area contributed by atoms with Crippen molar-refractivity contribution in [1.82, 2.24) is 5.32 Å². The summed E-state index contributed by atoms with van der Waals surface area (Å²) in [6.45, 7) is 4.09. The van der Waals surface area contributed by atoms with E-state index in [9.17, 15) is 0 Å². The molecule has 0 spiro atoms. The quantitative estimate of drug-likeness (QED) is 0.826. The lowest BCUT2D eigenvalue weighted by Crippen LogP contribution is -2.35. The van der Waals surface area contributed by atoms with Crippen LogP contribution in [-0.2, 0) is 6.42 Å². The Kier molecular flexibility index (Phi) is 6.19. The second kappa shape index (κ2) is 8.15. The van der Waals surface area contributed by atoms with E-state index >= 15 is 0 Å². The summed E-state index contributed by atoms with van der Waals surface area (Å²) in [4.78, 5) is 0. The molecular formula is C17H27NO2. The summed E-state index contributed by atoms with van der Waals surface area (Å²) in [5.74, 6) is 1.72. The van der Waals surface area contributed by atoms with Gasteiger partial charge in [-0.2, -0.15) is 0 Å². The number of nitrogens with one attached hydrogen (secondary N) is 1. The molecule has 1 fully saturated rings. The largest absolute Gasteiger partial charge is 0.493 e. The molecule has 20 heavy (non-hydrogen) atoms. The van der Waals surface area contributed by atoms with Crippen LogP contribution in [0.2, 0.25) is 0 Å². The lowest BCUT2D eigenvalue weighted by molar-refractivity contribution is 0.257. The van der Waals surface area contributed by atoms with Gasteiger partial charge < -0.3 is 14.8 Å². The Morgan fingerprint density at radius 2 is 2.15 bits per heavy atom. The molecule has 1 atom stereocenters. The minimum absolute atomic E-state index is 0.620. The fourth-order valence-electron chi connectivity index (χ4n) is 2.76. The Balaban J connectivity index is 1.84. The predicted octanol–water partition coefficient (Wildman–Crippen LogP) is 3.56. The van der Waals surface area contributed by atoms with Gasteiger partial charge in [-0.15, -0.1) is 0 Å². The number of ether oxygens (including phenoxy) is 2. The van der Waals surface area contributed by atoms with Gasteiger partial charge in [0.2, 0.25) is 0 Å². The van der Waals surface area contributed by atoms with Crippen molar-refractivity contribution in [1.29, 1.82) is 0 Å². The third kappa shape index (κ3) is 4.41. The molecule has 1 N–H and O–H groups in total. The SMILES string of the molecule is CCCc1ccc(OCC[C@@H]2CCCCN2)c(OC)c1. The zero-order valence-electron chi connectivity index (χ0n) is 12.8. The van der Waals surface area contributed by atoms with Gasteiger partial charge in [0.25, 0.3) is 0 Å². The molecule has 0 saturated carbocycles. The number of hydrogen-bond donors (Lipinski definition) is 1. The number of aryl methyl sites for hydroxylation is 1. The smallest absolute Gasteiger partial charge is 0.161 e. The van der Waals surface area contributed by atoms with Crippen molar-refractivity contribution in [3.05, 3.63) is 23.8 Å². The maximum Gasteiger partial charge on any atom is 0.161 e. The second-order valence-corrected chi connectivity index (χ2v) is 5.52. The molecule has 1 aromatic rings. The molecule has 0 amide bonds. The summed E-state index contributed by atoms with van der Waals surface area (Å²) < 4.78 is 11.3. The molecule has 3 heteroatoms. The first-order valence-corrected chi connectivity index (χ1v) is 7.86. The Hall–Kier alpha value is -1.22. The summed E-state index contributed by atoms with van der Waals surface area (Å²) in [7, 11) is 1.71. The van der Waals surface area contributed by atoms with E-state index in [1.807, 2.05) is 6.07 Å². The van der Waals surface area contributed by atoms with Crippen molar-refractivity contribution in [3.63, 3.8) is 0 Å². The van der Waals surface area contributed by atoms with E-state index in [4.69, 9.17) is 9.47 Å². The molecule has 1 aliphatic rings. The van der Waals surface area contributed by atoms with E-state index in [-0.39, 0.29) is 0 Å². The lowest BCUT2D eigenvalue weighted by atomic mass is 10.0. The highest BCUT2D eigenvalue weighted by Gasteiger charge is 2.13. The summed E-state index contributed by atoms with van der Waals surface area (Å²) in [5, 5.41) is 3.55. The zero-order valence-corrected chi connectivity index (χ0v) is 12.8. The van der Waals surface area contributed by atoms with Crippen LogP contribution in [0, 0.1) is 0 Å². The number of methoxy groups -OCH3 is 1. The van der Waals surface area contributed by atoms with Gasteiger partial charge >= 0.3 is 0 Å². The van der Waals surface area contributed by atoms with Crippen molar-refractivity contribution in [2.45, 2.75) is 51.5 Å². The molecule has 112 valence electrons. The molecule has 0 radical (unpaired) electrons. The molecule has 0 unspecified atom stereocenters. The topological polar surface area (TPSA) is 30.5 Å². The van der Waals surface area contributed by atoms with E-state index in [1.54, 1.807) is 7.11 Å². The standard InChI is InChI=1S/C17H27NO2/c1-3-6-14-8-9-16(17(13-14)19-2)20-12-10-15-7-4-5-11-18-15/h8-9,13,15,18H,3-7,10-12H2,1-2H3/t15-/m0/s1. The summed E-state index contributed by atoms with van der Waals surface area (Å²) >= 11 is 0. The van der Waals surface area contributed by atoms with Gasteiger partial charge in [0.05, 0.1) is 13.7 Å². The highest BCUT2D eigenvalue weighted by Crippen LogP contribution is 2.28. The molecule has 1 aliphatic heterocycles. The minimum Gasteiger partial charge on any atom is -0.493 e. The monoisotopic (exact) mass is 277 g/mol. The molecular weight excluding hydrogens is 250 g/mol. The van der Waals surface area contributed by atoms with Gasteiger partial charge in [-0.1, -0.05) is 25.8 Å². The average molecular weight is 277 g/mol. The molecule has 1 heterocycles. The van der Waals surface area contributed by atoms with Crippen molar-refractivity contribution < 1.29 is 9.47 Å². The Morgan fingerprint density at radius 3 is 2.85 bits per heavy atom. The van der Waals surface area contributed by atoms with Crippen molar-refractivity contribution in [2.24, 2.45) is 0 Å². The molecule has 0 aromatic heterocycles. The number of piperidine rings is 1. The third-order valence-electron chi connectivity index (χ3n) is 3.90. The van der Waals surface area contributed by atoms with E-state index in [0.29, 0.717) is 6.04 Å². The Labute approximate surface area is 122 Å². The molecule has 2 rings (SSSR count). The van der Waals surface area contributed by atoms with Gasteiger partial charge in [0.1, 0.15) is 0 Å². The molecule has 3 nitrogen and oxygen atoms in total. The van der Waals surface area contributed by atoms with Crippen LogP contribution >= 0.6 is 0 Å². The first-order valence-electron chi connectivity index (χ1n) is 7.86. The number of benzene rings is 1. The average Bonchev–Trinajstić information content (AvgIpc) is 2.50. The summed E-state index contributed by atoms with van der Waals surface area (Å²) in [6, 6.07) is 6.89. The van der Waals surface area contributed by atoms with Gasteiger partial charge in [-0.05, 0) is 49.9 Å². The normalized spacial score (nSPS) is 18.8. The summed E-state index contributed by atoms with van der Waals surface area (Å²) in [5.41, 5.74) is 1.31. The van der Waals surface area contributed by atoms with E-state index in [1.165, 1.54) is 24.8 Å². The Bertz CT molecular complexity index is 400. The Morgan fingerprint density at radius 1 is 1.25 bits per heavy atom. The van der Waals surface area contributed by atoms with E-state index in [2.05, 4.69) is 24.4 Å². The predicted molar refractivity (Wildman–Crippen MR) is 82.7 cm³/mol. The van der Waals surface area contributed by atoms with Crippen molar-refractivity contribution >= 4 is 0 Å². The van der Waals surface area contributed by atoms with E-state index in [0.717, 1.165) is 43.9 Å². The first-order chi connectivity index (χ1) is 9.83. The van der Waals surface area contributed by atoms with Crippen LogP contribution in [0.15, 0.2) is 18.2 Å². The summed E-state index contributed by atoms with van der Waals surface area (Å²) in [6.07, 6.45) is 7.23. The molecule has 0 bridgehead atoms. The van der Waals surface area contributed by atoms with Crippen LogP contribution in [0.25, 0.3) is 0 Å². The number of hydrogen-bond acceptors (Lipinski definition) is 3. The van der Waals surface area contributed by atoms with E-state index < -0.39 is 0 Å². The van der Waals surface area contributed by atoms with Crippen LogP contribution in [0.4, 0.5) is 0 Å². The van der Waals surface area contributed by atoms with Crippen molar-refractivity contribution in [3.8, 4) is 11.5 Å². The maximum absolute atomic E-state index is 5.90. The highest BCUT2D eigenvalue weighted by atomic mass is 16.5. The van der Waals surface area contributed by atoms with Crippen LogP contribution in [0.5, 0.6) is 11.5 Å². The first kappa shape index (κ1) is 15.2. The third-order valence-corrected chi connectivity index (χ3v) is 3.90. The van der Waals surface area contributed by atoms with Crippen LogP contribution in [0.3, 0.4) is 0 Å². The van der Waals surface area contributed by atoms with Crippen LogP contribution in [0.1, 0.15) is 44.6 Å². The van der Waals surface area contributed by atoms with Gasteiger partial charge in [0.15, 0.2) is 11.5 Å². The molecule has 1 saturated heterocycles. The molecule has 0 aliphatic carbocycles. The minimum atomic E-state index is 0.620.